The van der Waals surface area contributed by atoms with Crippen molar-refractivity contribution in [3.8, 4) is 0 Å². The summed E-state index contributed by atoms with van der Waals surface area (Å²) < 4.78 is 0. The highest BCUT2D eigenvalue weighted by molar-refractivity contribution is 5.31. The molecule has 18 heavy (non-hydrogen) atoms. The zero-order valence-corrected chi connectivity index (χ0v) is 12.7. The van der Waals surface area contributed by atoms with Crippen LogP contribution in [0.3, 0.4) is 0 Å². The van der Waals surface area contributed by atoms with E-state index in [-0.39, 0.29) is 0 Å². The largest absolute Gasteiger partial charge is 0.254 e. The molecule has 1 unspecified atom stereocenters. The van der Waals surface area contributed by atoms with Gasteiger partial charge in [-0.05, 0) is 39.7 Å². The molecule has 0 bridgehead atoms. The zero-order chi connectivity index (χ0) is 14.1. The second-order valence-electron chi connectivity index (χ2n) is 4.77. The summed E-state index contributed by atoms with van der Waals surface area (Å²) in [6.07, 6.45) is 6.73. The summed E-state index contributed by atoms with van der Waals surface area (Å²) in [7, 11) is 1.77. The van der Waals surface area contributed by atoms with Crippen LogP contribution in [0.5, 0.6) is 0 Å². The molecule has 0 amide bonds. The predicted molar refractivity (Wildman–Crippen MR) is 79.3 cm³/mol. The standard InChI is InChI=1S/C14H30N4/c1-7-10-14(12(5)16-17-18(6)15)13(9-3)11(4)8-2/h8-9,12,14,16-17H,7,10,15H2,1-6H3/b11-8+,13-9-/t12-,14?/m1/s1. The van der Waals surface area contributed by atoms with E-state index in [2.05, 4.69) is 57.7 Å². The molecule has 4 nitrogen and oxygen atoms in total. The van der Waals surface area contributed by atoms with Gasteiger partial charge >= 0.3 is 0 Å². The van der Waals surface area contributed by atoms with Gasteiger partial charge in [0.15, 0.2) is 0 Å². The van der Waals surface area contributed by atoms with E-state index < -0.39 is 0 Å². The molecule has 0 fully saturated rings. The fourth-order valence-electron chi connectivity index (χ4n) is 2.19. The molecule has 4 N–H and O–H groups in total. The molecule has 0 aromatic heterocycles. The molecule has 0 aliphatic rings. The van der Waals surface area contributed by atoms with Gasteiger partial charge in [0, 0.05) is 19.0 Å². The fraction of sp³-hybridized carbons (Fsp3) is 0.714. The monoisotopic (exact) mass is 254 g/mol. The first kappa shape index (κ1) is 17.3. The Bertz CT molecular complexity index is 282. The molecular formula is C14H30N4. The van der Waals surface area contributed by atoms with Crippen LogP contribution in [0.25, 0.3) is 0 Å². The average molecular weight is 254 g/mol. The van der Waals surface area contributed by atoms with E-state index in [1.165, 1.54) is 22.7 Å². The summed E-state index contributed by atoms with van der Waals surface area (Å²) in [5.74, 6) is 6.03. The molecule has 106 valence electrons. The van der Waals surface area contributed by atoms with E-state index in [0.29, 0.717) is 12.0 Å². The Kier molecular flexibility index (Phi) is 8.93. The second-order valence-corrected chi connectivity index (χ2v) is 4.77. The number of nitrogens with zero attached hydrogens (tertiary/aromatic N) is 1. The smallest absolute Gasteiger partial charge is 0.0267 e. The lowest BCUT2D eigenvalue weighted by atomic mass is 9.84. The normalized spacial score (nSPS) is 17.1. The van der Waals surface area contributed by atoms with E-state index in [4.69, 9.17) is 5.84 Å². The number of rotatable bonds is 8. The summed E-state index contributed by atoms with van der Waals surface area (Å²) in [6, 6.07) is 0.317. The van der Waals surface area contributed by atoms with Crippen LogP contribution in [0.15, 0.2) is 23.3 Å². The molecule has 0 aromatic rings. The summed E-state index contributed by atoms with van der Waals surface area (Å²) in [6.45, 7) is 10.8. The summed E-state index contributed by atoms with van der Waals surface area (Å²) >= 11 is 0. The Morgan fingerprint density at radius 3 is 2.33 bits per heavy atom. The van der Waals surface area contributed by atoms with Crippen molar-refractivity contribution < 1.29 is 0 Å². The van der Waals surface area contributed by atoms with Crippen molar-refractivity contribution in [3.05, 3.63) is 23.3 Å². The van der Waals surface area contributed by atoms with Crippen LogP contribution in [0, 0.1) is 5.92 Å². The maximum Gasteiger partial charge on any atom is 0.0267 e. The minimum absolute atomic E-state index is 0.317. The lowest BCUT2D eigenvalue weighted by Crippen LogP contribution is -2.53. The minimum atomic E-state index is 0.317. The van der Waals surface area contributed by atoms with E-state index in [1.807, 2.05) is 0 Å². The van der Waals surface area contributed by atoms with Crippen LogP contribution in [0.4, 0.5) is 0 Å². The van der Waals surface area contributed by atoms with Crippen molar-refractivity contribution in [1.29, 1.82) is 0 Å². The number of hydrogen-bond donors (Lipinski definition) is 3. The number of nitrogens with two attached hydrogens (primary N) is 1. The van der Waals surface area contributed by atoms with Crippen molar-refractivity contribution in [3.63, 3.8) is 0 Å². The van der Waals surface area contributed by atoms with Crippen molar-refractivity contribution in [2.45, 2.75) is 53.5 Å². The second kappa shape index (κ2) is 9.28. The van der Waals surface area contributed by atoms with Crippen LogP contribution in [-0.4, -0.2) is 18.2 Å². The SMILES string of the molecule is C/C=C(C)/C(=C/C)C(CCC)[C@@H](C)NNN(C)N. The van der Waals surface area contributed by atoms with Gasteiger partial charge in [-0.1, -0.05) is 31.1 Å². The number of hydrogen-bond acceptors (Lipinski definition) is 4. The van der Waals surface area contributed by atoms with Gasteiger partial charge < -0.3 is 0 Å². The molecule has 0 aliphatic heterocycles. The first-order chi connectivity index (χ1) is 8.47. The van der Waals surface area contributed by atoms with Crippen molar-refractivity contribution in [1.82, 2.24) is 16.1 Å². The van der Waals surface area contributed by atoms with Crippen LogP contribution in [0.2, 0.25) is 0 Å². The van der Waals surface area contributed by atoms with Gasteiger partial charge in [-0.2, -0.15) is 10.7 Å². The Hall–Kier alpha value is -0.680. The van der Waals surface area contributed by atoms with Crippen LogP contribution in [0.1, 0.15) is 47.5 Å². The summed E-state index contributed by atoms with van der Waals surface area (Å²) in [5, 5.41) is 1.43. The molecule has 0 spiro atoms. The van der Waals surface area contributed by atoms with Gasteiger partial charge in [-0.15, -0.1) is 0 Å². The molecule has 0 saturated heterocycles. The molecule has 0 heterocycles. The molecule has 4 heteroatoms. The molecule has 0 aliphatic carbocycles. The zero-order valence-electron chi connectivity index (χ0n) is 12.7. The van der Waals surface area contributed by atoms with Gasteiger partial charge in [0.1, 0.15) is 0 Å². The van der Waals surface area contributed by atoms with Gasteiger partial charge in [0.2, 0.25) is 0 Å². The Labute approximate surface area is 112 Å². The van der Waals surface area contributed by atoms with Crippen molar-refractivity contribution in [2.75, 3.05) is 7.05 Å². The molecule has 2 atom stereocenters. The van der Waals surface area contributed by atoms with E-state index in [0.717, 1.165) is 6.42 Å². The van der Waals surface area contributed by atoms with Crippen LogP contribution >= 0.6 is 0 Å². The third-order valence-electron chi connectivity index (χ3n) is 3.27. The Morgan fingerprint density at radius 2 is 1.94 bits per heavy atom. The van der Waals surface area contributed by atoms with E-state index in [9.17, 15) is 0 Å². The summed E-state index contributed by atoms with van der Waals surface area (Å²) in [5.41, 5.74) is 8.95. The lowest BCUT2D eigenvalue weighted by molar-refractivity contribution is 0.167. The molecular weight excluding hydrogens is 224 g/mol. The van der Waals surface area contributed by atoms with Crippen molar-refractivity contribution >= 4 is 0 Å². The molecule has 0 rings (SSSR count). The number of nitrogens with one attached hydrogen (secondary N) is 2. The minimum Gasteiger partial charge on any atom is -0.254 e. The van der Waals surface area contributed by atoms with Gasteiger partial charge in [-0.25, -0.2) is 5.43 Å². The van der Waals surface area contributed by atoms with Crippen molar-refractivity contribution in [2.24, 2.45) is 11.8 Å². The first-order valence-corrected chi connectivity index (χ1v) is 6.76. The average Bonchev–Trinajstić information content (AvgIpc) is 2.35. The Balaban J connectivity index is 4.82. The van der Waals surface area contributed by atoms with E-state index >= 15 is 0 Å². The molecule has 0 radical (unpaired) electrons. The third-order valence-corrected chi connectivity index (χ3v) is 3.27. The highest BCUT2D eigenvalue weighted by atomic mass is 15.8. The lowest BCUT2D eigenvalue weighted by Gasteiger charge is -2.29. The maximum absolute atomic E-state index is 5.54. The van der Waals surface area contributed by atoms with Crippen LogP contribution in [-0.2, 0) is 0 Å². The molecule has 0 aromatic carbocycles. The van der Waals surface area contributed by atoms with Gasteiger partial charge in [0.25, 0.3) is 0 Å². The summed E-state index contributed by atoms with van der Waals surface area (Å²) in [4.78, 5) is 0. The highest BCUT2D eigenvalue weighted by Gasteiger charge is 2.21. The first-order valence-electron chi connectivity index (χ1n) is 6.76. The van der Waals surface area contributed by atoms with Gasteiger partial charge in [-0.3, -0.25) is 5.84 Å². The topological polar surface area (TPSA) is 53.3 Å². The number of allylic oxidation sites excluding steroid dienone is 3. The third kappa shape index (κ3) is 5.78. The quantitative estimate of drug-likeness (QED) is 0.354. The van der Waals surface area contributed by atoms with Crippen LogP contribution < -0.4 is 16.8 Å². The Morgan fingerprint density at radius 1 is 1.33 bits per heavy atom. The predicted octanol–water partition coefficient (Wildman–Crippen LogP) is 2.52. The number of hydrazine groups is 3. The fourth-order valence-corrected chi connectivity index (χ4v) is 2.19. The maximum atomic E-state index is 5.54. The highest BCUT2D eigenvalue weighted by Crippen LogP contribution is 2.26. The van der Waals surface area contributed by atoms with E-state index in [1.54, 1.807) is 7.05 Å². The molecule has 0 saturated carbocycles. The van der Waals surface area contributed by atoms with Gasteiger partial charge in [0.05, 0.1) is 0 Å².